The molecule has 0 saturated heterocycles. The minimum Gasteiger partial charge on any atom is -0.416 e. The van der Waals surface area contributed by atoms with Crippen LogP contribution in [0.3, 0.4) is 0 Å². The highest BCUT2D eigenvalue weighted by Gasteiger charge is 2.38. The molecule has 0 aliphatic carbocycles. The number of nitrogens with zero attached hydrogens (tertiary/aromatic N) is 1. The quantitative estimate of drug-likeness (QED) is 0.173. The van der Waals surface area contributed by atoms with Crippen LogP contribution < -0.4 is 4.72 Å². The first kappa shape index (κ1) is 26.9. The van der Waals surface area contributed by atoms with Crippen molar-refractivity contribution in [2.75, 3.05) is 6.61 Å². The second-order valence-electron chi connectivity index (χ2n) is 8.99. The van der Waals surface area contributed by atoms with Crippen molar-refractivity contribution in [2.24, 2.45) is 0 Å². The predicted molar refractivity (Wildman–Crippen MR) is 133 cm³/mol. The lowest BCUT2D eigenvalue weighted by Gasteiger charge is -2.37. The minimum atomic E-state index is -3.97. The van der Waals surface area contributed by atoms with E-state index in [1.807, 2.05) is 0 Å². The van der Waals surface area contributed by atoms with E-state index in [0.29, 0.717) is 17.2 Å². The van der Waals surface area contributed by atoms with Gasteiger partial charge in [-0.3, -0.25) is 10.1 Å². The van der Waals surface area contributed by atoms with Crippen molar-refractivity contribution in [1.82, 2.24) is 4.72 Å². The molecule has 0 saturated carbocycles. The number of benzene rings is 2. The normalized spacial score (nSPS) is 14.7. The topological polar surface area (TPSA) is 98.5 Å². The highest BCUT2D eigenvalue weighted by Crippen LogP contribution is 2.37. The maximum Gasteiger partial charge on any atom is 0.269 e. The molecule has 2 rings (SSSR count). The van der Waals surface area contributed by atoms with Gasteiger partial charge in [-0.1, -0.05) is 60.4 Å². The standard InChI is InChI=1S/C21H28BrClN2O5SSi/c1-21(2,3)32(4,5)30-14-19(22)20(15-6-8-16(23)9-7-15)24-31(28,29)18-12-10-17(11-13-18)25(26)27/h6-13,19-20,24H,14H2,1-5H3/t19-,20+/m0/s1. The van der Waals surface area contributed by atoms with Gasteiger partial charge >= 0.3 is 0 Å². The van der Waals surface area contributed by atoms with E-state index >= 15 is 0 Å². The lowest BCUT2D eigenvalue weighted by Crippen LogP contribution is -2.44. The maximum absolute atomic E-state index is 13.1. The number of nitrogens with one attached hydrogen (secondary N) is 1. The van der Waals surface area contributed by atoms with Crippen LogP contribution in [0, 0.1) is 10.1 Å². The lowest BCUT2D eigenvalue weighted by molar-refractivity contribution is -0.384. The first-order valence-corrected chi connectivity index (χ1v) is 15.6. The molecule has 0 unspecified atom stereocenters. The molecule has 0 aliphatic heterocycles. The molecular formula is C21H28BrClN2O5SSi. The van der Waals surface area contributed by atoms with E-state index in [0.717, 1.165) is 12.1 Å². The molecule has 32 heavy (non-hydrogen) atoms. The van der Waals surface area contributed by atoms with Crippen LogP contribution in [0.5, 0.6) is 0 Å². The number of sulfonamides is 1. The Morgan fingerprint density at radius 3 is 2.12 bits per heavy atom. The molecule has 0 fully saturated rings. The van der Waals surface area contributed by atoms with Gasteiger partial charge in [-0.05, 0) is 48.0 Å². The second kappa shape index (κ2) is 10.3. The van der Waals surface area contributed by atoms with E-state index in [1.54, 1.807) is 24.3 Å². The molecule has 0 heterocycles. The van der Waals surface area contributed by atoms with E-state index in [2.05, 4.69) is 54.5 Å². The summed E-state index contributed by atoms with van der Waals surface area (Å²) in [5, 5.41) is 11.4. The van der Waals surface area contributed by atoms with Gasteiger partial charge in [0.15, 0.2) is 8.32 Å². The third-order valence-electron chi connectivity index (χ3n) is 5.64. The molecule has 176 valence electrons. The van der Waals surface area contributed by atoms with Crippen LogP contribution in [0.4, 0.5) is 5.69 Å². The van der Waals surface area contributed by atoms with E-state index in [1.165, 1.54) is 12.1 Å². The summed E-state index contributed by atoms with van der Waals surface area (Å²) in [7, 11) is -6.02. The fourth-order valence-electron chi connectivity index (χ4n) is 2.60. The average molecular weight is 564 g/mol. The number of non-ortho nitro benzene ring substituents is 1. The fraction of sp³-hybridized carbons (Fsp3) is 0.429. The van der Waals surface area contributed by atoms with Crippen LogP contribution in [0.2, 0.25) is 23.2 Å². The van der Waals surface area contributed by atoms with Gasteiger partial charge in [-0.15, -0.1) is 0 Å². The zero-order valence-electron chi connectivity index (χ0n) is 18.6. The highest BCUT2D eigenvalue weighted by atomic mass is 79.9. The minimum absolute atomic E-state index is 0.00769. The van der Waals surface area contributed by atoms with Gasteiger partial charge in [0.1, 0.15) is 0 Å². The van der Waals surface area contributed by atoms with Crippen LogP contribution in [-0.4, -0.2) is 33.1 Å². The van der Waals surface area contributed by atoms with Gasteiger partial charge in [-0.25, -0.2) is 13.1 Å². The highest BCUT2D eigenvalue weighted by molar-refractivity contribution is 9.09. The number of halogens is 2. The molecule has 7 nitrogen and oxygen atoms in total. The summed E-state index contributed by atoms with van der Waals surface area (Å²) in [6.07, 6.45) is 0. The van der Waals surface area contributed by atoms with Crippen LogP contribution in [0.15, 0.2) is 53.4 Å². The van der Waals surface area contributed by atoms with Gasteiger partial charge in [0, 0.05) is 23.8 Å². The molecule has 0 radical (unpaired) electrons. The van der Waals surface area contributed by atoms with Crippen molar-refractivity contribution in [2.45, 2.75) is 54.7 Å². The summed E-state index contributed by atoms with van der Waals surface area (Å²) in [5.74, 6) is 0. The molecule has 0 aromatic heterocycles. The third-order valence-corrected chi connectivity index (χ3v) is 12.6. The van der Waals surface area contributed by atoms with Crippen molar-refractivity contribution in [3.8, 4) is 0 Å². The zero-order chi connectivity index (χ0) is 24.3. The Kier molecular flexibility index (Phi) is 8.68. The average Bonchev–Trinajstić information content (AvgIpc) is 2.70. The first-order chi connectivity index (χ1) is 14.6. The molecular weight excluding hydrogens is 536 g/mol. The summed E-state index contributed by atoms with van der Waals surface area (Å²) >= 11 is 9.63. The fourth-order valence-corrected chi connectivity index (χ4v) is 6.01. The second-order valence-corrected chi connectivity index (χ2v) is 17.1. The summed E-state index contributed by atoms with van der Waals surface area (Å²) in [4.78, 5) is 9.87. The number of hydrogen-bond acceptors (Lipinski definition) is 5. The van der Waals surface area contributed by atoms with Crippen molar-refractivity contribution in [3.63, 3.8) is 0 Å². The summed E-state index contributed by atoms with van der Waals surface area (Å²) < 4.78 is 35.2. The molecule has 0 amide bonds. The van der Waals surface area contributed by atoms with Crippen LogP contribution >= 0.6 is 27.5 Å². The van der Waals surface area contributed by atoms with Gasteiger partial charge in [0.2, 0.25) is 10.0 Å². The molecule has 11 heteroatoms. The Balaban J connectivity index is 2.32. The van der Waals surface area contributed by atoms with Crippen molar-refractivity contribution in [1.29, 1.82) is 0 Å². The Morgan fingerprint density at radius 2 is 1.66 bits per heavy atom. The molecule has 0 spiro atoms. The van der Waals surface area contributed by atoms with Gasteiger partial charge in [0.05, 0.1) is 20.7 Å². The molecule has 0 aliphatic rings. The van der Waals surface area contributed by atoms with Crippen molar-refractivity contribution < 1.29 is 17.8 Å². The number of hydrogen-bond donors (Lipinski definition) is 1. The Labute approximate surface area is 204 Å². The largest absolute Gasteiger partial charge is 0.416 e. The number of alkyl halides is 1. The number of rotatable bonds is 9. The third kappa shape index (κ3) is 6.85. The van der Waals surface area contributed by atoms with E-state index in [4.69, 9.17) is 16.0 Å². The number of nitro benzene ring substituents is 1. The SMILES string of the molecule is CC(C)(C)[Si](C)(C)OC[C@H](Br)[C@H](NS(=O)(=O)c1ccc([N+](=O)[O-])cc1)c1ccc(Cl)cc1. The van der Waals surface area contributed by atoms with Crippen molar-refractivity contribution in [3.05, 3.63) is 69.2 Å². The molecule has 2 aromatic rings. The van der Waals surface area contributed by atoms with E-state index < -0.39 is 29.3 Å². The Hall–Kier alpha value is -1.30. The van der Waals surface area contributed by atoms with Crippen LogP contribution in [0.25, 0.3) is 0 Å². The Morgan fingerprint density at radius 1 is 1.12 bits per heavy atom. The van der Waals surface area contributed by atoms with Gasteiger partial charge < -0.3 is 4.43 Å². The van der Waals surface area contributed by atoms with E-state index in [-0.39, 0.29) is 20.4 Å². The molecule has 1 N–H and O–H groups in total. The first-order valence-electron chi connectivity index (χ1n) is 9.94. The van der Waals surface area contributed by atoms with Crippen molar-refractivity contribution >= 4 is 51.6 Å². The van der Waals surface area contributed by atoms with Crippen LogP contribution in [0.1, 0.15) is 32.4 Å². The molecule has 0 bridgehead atoms. The summed E-state index contributed by atoms with van der Waals surface area (Å²) in [5.41, 5.74) is 0.528. The smallest absolute Gasteiger partial charge is 0.269 e. The van der Waals surface area contributed by atoms with E-state index in [9.17, 15) is 18.5 Å². The molecule has 2 aromatic carbocycles. The zero-order valence-corrected chi connectivity index (χ0v) is 22.8. The monoisotopic (exact) mass is 562 g/mol. The van der Waals surface area contributed by atoms with Gasteiger partial charge in [0.25, 0.3) is 5.69 Å². The molecule has 2 atom stereocenters. The predicted octanol–water partition coefficient (Wildman–Crippen LogP) is 6.05. The summed E-state index contributed by atoms with van der Waals surface area (Å²) in [6.45, 7) is 11.0. The maximum atomic E-state index is 13.1. The number of nitro groups is 1. The summed E-state index contributed by atoms with van der Waals surface area (Å²) in [6, 6.07) is 11.0. The lowest BCUT2D eigenvalue weighted by atomic mass is 10.1. The Bertz CT molecular complexity index is 1040. The van der Waals surface area contributed by atoms with Gasteiger partial charge in [-0.2, -0.15) is 0 Å². The van der Waals surface area contributed by atoms with Crippen LogP contribution in [-0.2, 0) is 14.4 Å².